The van der Waals surface area contributed by atoms with E-state index in [-0.39, 0.29) is 11.7 Å². The molecule has 0 saturated carbocycles. The highest BCUT2D eigenvalue weighted by Gasteiger charge is 2.08. The fourth-order valence-corrected chi connectivity index (χ4v) is 1.55. The summed E-state index contributed by atoms with van der Waals surface area (Å²) in [5, 5.41) is 9.18. The van der Waals surface area contributed by atoms with Gasteiger partial charge >= 0.3 is 5.97 Å². The molecule has 0 aliphatic heterocycles. The lowest BCUT2D eigenvalue weighted by molar-refractivity contribution is -0.000106. The Morgan fingerprint density at radius 2 is 2.24 bits per heavy atom. The summed E-state index contributed by atoms with van der Waals surface area (Å²) in [7, 11) is 1.61. The van der Waals surface area contributed by atoms with Gasteiger partial charge in [-0.05, 0) is 24.6 Å². The molecule has 17 heavy (non-hydrogen) atoms. The number of carboxylic acids is 1. The van der Waals surface area contributed by atoms with Gasteiger partial charge in [0.15, 0.2) is 0 Å². The molecule has 5 heteroatoms. The molecule has 1 atom stereocenters. The van der Waals surface area contributed by atoms with Crippen LogP contribution in [0.4, 0.5) is 0 Å². The number of ether oxygens (including phenoxy) is 2. The third kappa shape index (κ3) is 4.34. The van der Waals surface area contributed by atoms with Crippen molar-refractivity contribution >= 4 is 17.6 Å². The molecule has 0 fully saturated rings. The first-order valence-corrected chi connectivity index (χ1v) is 5.54. The van der Waals surface area contributed by atoms with E-state index in [1.54, 1.807) is 13.2 Å². The van der Waals surface area contributed by atoms with Gasteiger partial charge in [-0.15, -0.1) is 0 Å². The summed E-state index contributed by atoms with van der Waals surface area (Å²) in [6.45, 7) is 2.73. The largest absolute Gasteiger partial charge is 0.478 e. The molecule has 0 bridgehead atoms. The van der Waals surface area contributed by atoms with Gasteiger partial charge in [0.2, 0.25) is 0 Å². The van der Waals surface area contributed by atoms with Gasteiger partial charge in [0, 0.05) is 12.1 Å². The van der Waals surface area contributed by atoms with Crippen molar-refractivity contribution < 1.29 is 19.4 Å². The molecule has 0 aliphatic carbocycles. The van der Waals surface area contributed by atoms with Crippen LogP contribution in [0.25, 0.3) is 0 Å². The van der Waals surface area contributed by atoms with E-state index in [4.69, 9.17) is 26.2 Å². The van der Waals surface area contributed by atoms with E-state index in [9.17, 15) is 4.79 Å². The predicted octanol–water partition coefficient (Wildman–Crippen LogP) is 2.59. The maximum absolute atomic E-state index is 10.7. The second kappa shape index (κ2) is 6.59. The summed E-state index contributed by atoms with van der Waals surface area (Å²) in [5.41, 5.74) is 0.934. The molecule has 0 amide bonds. The van der Waals surface area contributed by atoms with Crippen molar-refractivity contribution in [2.24, 2.45) is 0 Å². The molecule has 1 rings (SSSR count). The highest BCUT2D eigenvalue weighted by molar-refractivity contribution is 6.31. The van der Waals surface area contributed by atoms with Crippen molar-refractivity contribution in [3.63, 3.8) is 0 Å². The van der Waals surface area contributed by atoms with Gasteiger partial charge in [0.1, 0.15) is 0 Å². The van der Waals surface area contributed by atoms with Crippen molar-refractivity contribution in [3.8, 4) is 0 Å². The Labute approximate surface area is 105 Å². The van der Waals surface area contributed by atoms with E-state index < -0.39 is 5.97 Å². The number of carbonyl (C=O) groups is 1. The molecule has 1 unspecified atom stereocenters. The van der Waals surface area contributed by atoms with Crippen molar-refractivity contribution in [1.82, 2.24) is 0 Å². The standard InChI is InChI=1S/C12H15ClO4/c1-8(6-16-2)17-7-10-4-3-9(12(14)15)5-11(10)13/h3-5,8H,6-7H2,1-2H3,(H,14,15). The van der Waals surface area contributed by atoms with E-state index >= 15 is 0 Å². The average Bonchev–Trinajstić information content (AvgIpc) is 2.27. The Balaban J connectivity index is 2.63. The first-order valence-electron chi connectivity index (χ1n) is 5.17. The van der Waals surface area contributed by atoms with Gasteiger partial charge < -0.3 is 14.6 Å². The predicted molar refractivity (Wildman–Crippen MR) is 64.5 cm³/mol. The minimum absolute atomic E-state index is 0.0322. The Morgan fingerprint density at radius 3 is 2.76 bits per heavy atom. The molecular formula is C12H15ClO4. The van der Waals surface area contributed by atoms with Crippen LogP contribution in [-0.4, -0.2) is 30.9 Å². The van der Waals surface area contributed by atoms with Crippen LogP contribution >= 0.6 is 11.6 Å². The van der Waals surface area contributed by atoms with Crippen LogP contribution in [0.1, 0.15) is 22.8 Å². The monoisotopic (exact) mass is 258 g/mol. The lowest BCUT2D eigenvalue weighted by Crippen LogP contribution is -2.14. The Kier molecular flexibility index (Phi) is 5.41. The summed E-state index contributed by atoms with van der Waals surface area (Å²) in [6.07, 6.45) is -0.0322. The summed E-state index contributed by atoms with van der Waals surface area (Å²) in [5.74, 6) is -0.993. The molecule has 0 saturated heterocycles. The van der Waals surface area contributed by atoms with Gasteiger partial charge in [-0.25, -0.2) is 4.79 Å². The van der Waals surface area contributed by atoms with E-state index in [2.05, 4.69) is 0 Å². The average molecular weight is 259 g/mol. The van der Waals surface area contributed by atoms with Gasteiger partial charge in [-0.1, -0.05) is 17.7 Å². The lowest BCUT2D eigenvalue weighted by Gasteiger charge is -2.12. The minimum atomic E-state index is -0.993. The number of rotatable bonds is 6. The van der Waals surface area contributed by atoms with Gasteiger partial charge in [0.05, 0.1) is 24.9 Å². The smallest absolute Gasteiger partial charge is 0.335 e. The van der Waals surface area contributed by atoms with Gasteiger partial charge in [-0.2, -0.15) is 0 Å². The zero-order valence-electron chi connectivity index (χ0n) is 9.77. The highest BCUT2D eigenvalue weighted by Crippen LogP contribution is 2.19. The van der Waals surface area contributed by atoms with Gasteiger partial charge in [-0.3, -0.25) is 0 Å². The van der Waals surface area contributed by atoms with E-state index in [0.717, 1.165) is 5.56 Å². The number of halogens is 1. The molecule has 0 aliphatic rings. The molecule has 94 valence electrons. The fourth-order valence-electron chi connectivity index (χ4n) is 1.31. The number of hydrogen-bond donors (Lipinski definition) is 1. The second-order valence-corrected chi connectivity index (χ2v) is 4.10. The number of hydrogen-bond acceptors (Lipinski definition) is 3. The maximum Gasteiger partial charge on any atom is 0.335 e. The first-order chi connectivity index (χ1) is 8.04. The zero-order valence-corrected chi connectivity index (χ0v) is 10.5. The normalized spacial score (nSPS) is 12.4. The van der Waals surface area contributed by atoms with Crippen LogP contribution in [0.3, 0.4) is 0 Å². The Morgan fingerprint density at radius 1 is 1.53 bits per heavy atom. The van der Waals surface area contributed by atoms with Gasteiger partial charge in [0.25, 0.3) is 0 Å². The van der Waals surface area contributed by atoms with E-state index in [0.29, 0.717) is 18.2 Å². The van der Waals surface area contributed by atoms with E-state index in [1.165, 1.54) is 12.1 Å². The molecule has 1 N–H and O–H groups in total. The SMILES string of the molecule is COCC(C)OCc1ccc(C(=O)O)cc1Cl. The number of carboxylic acid groups (broad SMARTS) is 1. The molecule has 0 heterocycles. The third-order valence-corrected chi connectivity index (χ3v) is 2.58. The maximum atomic E-state index is 10.7. The summed E-state index contributed by atoms with van der Waals surface area (Å²) in [6, 6.07) is 4.59. The third-order valence-electron chi connectivity index (χ3n) is 2.22. The summed E-state index contributed by atoms with van der Waals surface area (Å²) in [4.78, 5) is 10.7. The Hall–Kier alpha value is -1.10. The fraction of sp³-hybridized carbons (Fsp3) is 0.417. The van der Waals surface area contributed by atoms with Crippen LogP contribution in [0.2, 0.25) is 5.02 Å². The van der Waals surface area contributed by atoms with Crippen LogP contribution in [0.15, 0.2) is 18.2 Å². The Bertz CT molecular complexity index is 392. The van der Waals surface area contributed by atoms with Crippen LogP contribution in [0, 0.1) is 0 Å². The van der Waals surface area contributed by atoms with Crippen molar-refractivity contribution in [1.29, 1.82) is 0 Å². The van der Waals surface area contributed by atoms with Crippen molar-refractivity contribution in [2.75, 3.05) is 13.7 Å². The summed E-state index contributed by atoms with van der Waals surface area (Å²) < 4.78 is 10.4. The molecule has 0 radical (unpaired) electrons. The molecule has 0 spiro atoms. The summed E-state index contributed by atoms with van der Waals surface area (Å²) >= 11 is 5.96. The van der Waals surface area contributed by atoms with E-state index in [1.807, 2.05) is 6.92 Å². The second-order valence-electron chi connectivity index (χ2n) is 3.69. The molecule has 0 aromatic heterocycles. The quantitative estimate of drug-likeness (QED) is 0.852. The van der Waals surface area contributed by atoms with Crippen molar-refractivity contribution in [3.05, 3.63) is 34.3 Å². The number of aromatic carboxylic acids is 1. The molecule has 1 aromatic carbocycles. The van der Waals surface area contributed by atoms with Crippen LogP contribution in [0.5, 0.6) is 0 Å². The molecule has 4 nitrogen and oxygen atoms in total. The highest BCUT2D eigenvalue weighted by atomic mass is 35.5. The zero-order chi connectivity index (χ0) is 12.8. The minimum Gasteiger partial charge on any atom is -0.478 e. The van der Waals surface area contributed by atoms with Crippen LogP contribution in [-0.2, 0) is 16.1 Å². The van der Waals surface area contributed by atoms with Crippen LogP contribution < -0.4 is 0 Å². The molecule has 1 aromatic rings. The first kappa shape index (κ1) is 14.0. The topological polar surface area (TPSA) is 55.8 Å². The van der Waals surface area contributed by atoms with Crippen molar-refractivity contribution in [2.45, 2.75) is 19.6 Å². The number of methoxy groups -OCH3 is 1. The lowest BCUT2D eigenvalue weighted by atomic mass is 10.1. The molecular weight excluding hydrogens is 244 g/mol. The number of benzene rings is 1.